The Bertz CT molecular complexity index is 746. The summed E-state index contributed by atoms with van der Waals surface area (Å²) in [5.41, 5.74) is 2.58. The summed E-state index contributed by atoms with van der Waals surface area (Å²) in [7, 11) is 0. The van der Waals surface area contributed by atoms with Gasteiger partial charge in [-0.05, 0) is 37.1 Å². The molecule has 0 radical (unpaired) electrons. The van der Waals surface area contributed by atoms with Crippen molar-refractivity contribution in [1.29, 1.82) is 0 Å². The van der Waals surface area contributed by atoms with Gasteiger partial charge in [-0.3, -0.25) is 14.6 Å². The van der Waals surface area contributed by atoms with Gasteiger partial charge >= 0.3 is 5.97 Å². The zero-order valence-corrected chi connectivity index (χ0v) is 13.6. The third-order valence-corrected chi connectivity index (χ3v) is 3.80. The van der Waals surface area contributed by atoms with Gasteiger partial charge in [-0.1, -0.05) is 29.8 Å². The van der Waals surface area contributed by atoms with E-state index in [4.69, 9.17) is 16.7 Å². The number of aliphatic carboxylic acids is 1. The van der Waals surface area contributed by atoms with Gasteiger partial charge in [0.05, 0.1) is 18.0 Å². The number of rotatable bonds is 5. The Morgan fingerprint density at radius 2 is 2.00 bits per heavy atom. The molecule has 2 N–H and O–H groups in total. The lowest BCUT2D eigenvalue weighted by Gasteiger charge is -2.19. The van der Waals surface area contributed by atoms with Crippen LogP contribution in [0.1, 0.15) is 39.6 Å². The van der Waals surface area contributed by atoms with Gasteiger partial charge in [-0.25, -0.2) is 0 Å². The summed E-state index contributed by atoms with van der Waals surface area (Å²) in [5.74, 6) is -1.39. The molecule has 0 spiro atoms. The quantitative estimate of drug-likeness (QED) is 0.880. The predicted octanol–water partition coefficient (Wildman–Crippen LogP) is 3.30. The second kappa shape index (κ2) is 7.24. The topological polar surface area (TPSA) is 79.3 Å². The molecule has 0 fully saturated rings. The molecule has 1 amide bonds. The number of benzene rings is 1. The van der Waals surface area contributed by atoms with Gasteiger partial charge in [0, 0.05) is 16.9 Å². The van der Waals surface area contributed by atoms with Crippen molar-refractivity contribution in [1.82, 2.24) is 10.3 Å². The van der Waals surface area contributed by atoms with Crippen LogP contribution in [0.5, 0.6) is 0 Å². The fourth-order valence-electron chi connectivity index (χ4n) is 2.34. The Labute approximate surface area is 139 Å². The molecule has 5 nitrogen and oxygen atoms in total. The standard InChI is InChI=1S/C17H17ClN2O3/c1-10-7-11(2)19-9-13(10)17(23)20-15(8-16(21)22)12-5-3-4-6-14(12)18/h3-7,9,15H,8H2,1-2H3,(H,20,23)(H,21,22)/t15-/m0/s1. The van der Waals surface area contributed by atoms with Crippen LogP contribution in [0.2, 0.25) is 5.02 Å². The molecule has 1 aromatic carbocycles. The normalized spacial score (nSPS) is 11.8. The van der Waals surface area contributed by atoms with E-state index in [1.807, 2.05) is 13.8 Å². The van der Waals surface area contributed by atoms with Crippen molar-refractivity contribution < 1.29 is 14.7 Å². The smallest absolute Gasteiger partial charge is 0.305 e. The predicted molar refractivity (Wildman–Crippen MR) is 87.6 cm³/mol. The van der Waals surface area contributed by atoms with E-state index in [1.54, 1.807) is 30.3 Å². The maximum absolute atomic E-state index is 12.5. The molecular weight excluding hydrogens is 316 g/mol. The number of aromatic nitrogens is 1. The van der Waals surface area contributed by atoms with E-state index in [2.05, 4.69) is 10.3 Å². The van der Waals surface area contributed by atoms with Gasteiger partial charge < -0.3 is 10.4 Å². The highest BCUT2D eigenvalue weighted by Gasteiger charge is 2.21. The summed E-state index contributed by atoms with van der Waals surface area (Å²) in [4.78, 5) is 27.7. The molecule has 120 valence electrons. The van der Waals surface area contributed by atoms with E-state index >= 15 is 0 Å². The van der Waals surface area contributed by atoms with Crippen LogP contribution in [0, 0.1) is 13.8 Å². The molecule has 1 aromatic heterocycles. The number of carboxylic acids is 1. The Balaban J connectivity index is 2.29. The minimum atomic E-state index is -1.02. The Morgan fingerprint density at radius 3 is 2.61 bits per heavy atom. The van der Waals surface area contributed by atoms with Crippen LogP contribution in [0.4, 0.5) is 0 Å². The molecule has 1 heterocycles. The zero-order valence-electron chi connectivity index (χ0n) is 12.8. The summed E-state index contributed by atoms with van der Waals surface area (Å²) in [5, 5.41) is 12.3. The number of nitrogens with one attached hydrogen (secondary N) is 1. The number of hydrogen-bond acceptors (Lipinski definition) is 3. The summed E-state index contributed by atoms with van der Waals surface area (Å²) in [6.45, 7) is 3.65. The first kappa shape index (κ1) is 17.0. The molecule has 0 aliphatic rings. The maximum Gasteiger partial charge on any atom is 0.305 e. The number of carbonyl (C=O) groups is 2. The summed E-state index contributed by atoms with van der Waals surface area (Å²) in [6.07, 6.45) is 1.23. The molecule has 2 aromatic rings. The van der Waals surface area contributed by atoms with Crippen molar-refractivity contribution in [2.75, 3.05) is 0 Å². The van der Waals surface area contributed by atoms with Crippen molar-refractivity contribution in [2.24, 2.45) is 0 Å². The molecule has 0 aliphatic heterocycles. The van der Waals surface area contributed by atoms with Gasteiger partial charge in [0.25, 0.3) is 5.91 Å². The van der Waals surface area contributed by atoms with Crippen LogP contribution >= 0.6 is 11.6 Å². The highest BCUT2D eigenvalue weighted by molar-refractivity contribution is 6.31. The monoisotopic (exact) mass is 332 g/mol. The van der Waals surface area contributed by atoms with Crippen LogP contribution in [0.3, 0.4) is 0 Å². The van der Waals surface area contributed by atoms with Crippen molar-refractivity contribution >= 4 is 23.5 Å². The first-order valence-electron chi connectivity index (χ1n) is 7.09. The highest BCUT2D eigenvalue weighted by atomic mass is 35.5. The second-order valence-corrected chi connectivity index (χ2v) is 5.69. The van der Waals surface area contributed by atoms with Crippen LogP contribution < -0.4 is 5.32 Å². The van der Waals surface area contributed by atoms with Crippen LogP contribution in [0.25, 0.3) is 0 Å². The first-order chi connectivity index (χ1) is 10.9. The van der Waals surface area contributed by atoms with Gasteiger partial charge in [-0.15, -0.1) is 0 Å². The van der Waals surface area contributed by atoms with E-state index in [0.717, 1.165) is 11.3 Å². The van der Waals surface area contributed by atoms with E-state index in [-0.39, 0.29) is 12.3 Å². The second-order valence-electron chi connectivity index (χ2n) is 5.29. The number of pyridine rings is 1. The number of aryl methyl sites for hydroxylation is 2. The van der Waals surface area contributed by atoms with Crippen LogP contribution in [-0.2, 0) is 4.79 Å². The van der Waals surface area contributed by atoms with Crippen molar-refractivity contribution in [3.8, 4) is 0 Å². The third kappa shape index (κ3) is 4.29. The van der Waals surface area contributed by atoms with E-state index < -0.39 is 12.0 Å². The molecule has 0 unspecified atom stereocenters. The van der Waals surface area contributed by atoms with Crippen molar-refractivity contribution in [2.45, 2.75) is 26.3 Å². The SMILES string of the molecule is Cc1cc(C)c(C(=O)N[C@@H](CC(=O)O)c2ccccc2Cl)cn1. The fraction of sp³-hybridized carbons (Fsp3) is 0.235. The van der Waals surface area contributed by atoms with Gasteiger partial charge in [0.1, 0.15) is 0 Å². The lowest BCUT2D eigenvalue weighted by molar-refractivity contribution is -0.137. The molecule has 0 saturated heterocycles. The number of amides is 1. The Hall–Kier alpha value is -2.40. The van der Waals surface area contributed by atoms with Crippen molar-refractivity contribution in [3.05, 3.63) is 63.9 Å². The molecule has 0 saturated carbocycles. The molecule has 0 aliphatic carbocycles. The van der Waals surface area contributed by atoms with E-state index in [9.17, 15) is 9.59 Å². The summed E-state index contributed by atoms with van der Waals surface area (Å²) < 4.78 is 0. The lowest BCUT2D eigenvalue weighted by Crippen LogP contribution is -2.31. The minimum Gasteiger partial charge on any atom is -0.481 e. The van der Waals surface area contributed by atoms with Crippen LogP contribution in [-0.4, -0.2) is 22.0 Å². The number of hydrogen-bond donors (Lipinski definition) is 2. The number of halogens is 1. The molecule has 0 bridgehead atoms. The molecule has 6 heteroatoms. The van der Waals surface area contributed by atoms with E-state index in [1.165, 1.54) is 6.20 Å². The summed E-state index contributed by atoms with van der Waals surface area (Å²) in [6, 6.07) is 7.96. The average Bonchev–Trinajstić information content (AvgIpc) is 2.46. The summed E-state index contributed by atoms with van der Waals surface area (Å²) >= 11 is 6.13. The number of carbonyl (C=O) groups excluding carboxylic acids is 1. The largest absolute Gasteiger partial charge is 0.481 e. The number of nitrogens with zero attached hydrogens (tertiary/aromatic N) is 1. The van der Waals surface area contributed by atoms with Gasteiger partial charge in [0.2, 0.25) is 0 Å². The maximum atomic E-state index is 12.5. The molecule has 23 heavy (non-hydrogen) atoms. The van der Waals surface area contributed by atoms with Crippen molar-refractivity contribution in [3.63, 3.8) is 0 Å². The molecular formula is C17H17ClN2O3. The zero-order chi connectivity index (χ0) is 17.0. The van der Waals surface area contributed by atoms with E-state index in [0.29, 0.717) is 16.1 Å². The van der Waals surface area contributed by atoms with Gasteiger partial charge in [0.15, 0.2) is 0 Å². The fourth-order valence-corrected chi connectivity index (χ4v) is 2.61. The third-order valence-electron chi connectivity index (χ3n) is 3.46. The lowest BCUT2D eigenvalue weighted by atomic mass is 10.0. The van der Waals surface area contributed by atoms with Gasteiger partial charge in [-0.2, -0.15) is 0 Å². The Morgan fingerprint density at radius 1 is 1.30 bits per heavy atom. The highest BCUT2D eigenvalue weighted by Crippen LogP contribution is 2.25. The minimum absolute atomic E-state index is 0.256. The first-order valence-corrected chi connectivity index (χ1v) is 7.46. The molecule has 1 atom stereocenters. The van der Waals surface area contributed by atoms with Crippen LogP contribution in [0.15, 0.2) is 36.5 Å². The molecule has 2 rings (SSSR count). The number of carboxylic acid groups (broad SMARTS) is 1. The average molecular weight is 333 g/mol. The Kier molecular flexibility index (Phi) is 5.34.